The third-order valence-corrected chi connectivity index (χ3v) is 6.74. The van der Waals surface area contributed by atoms with Crippen LogP contribution in [0.5, 0.6) is 0 Å². The molecule has 6 nitrogen and oxygen atoms in total. The summed E-state index contributed by atoms with van der Waals surface area (Å²) in [6, 6.07) is 25.7. The normalized spacial score (nSPS) is 22.0. The van der Waals surface area contributed by atoms with Crippen LogP contribution in [0.3, 0.4) is 0 Å². The molecule has 34 heavy (non-hydrogen) atoms. The van der Waals surface area contributed by atoms with Crippen LogP contribution in [0, 0.1) is 12.8 Å². The second-order valence-electron chi connectivity index (χ2n) is 8.57. The van der Waals surface area contributed by atoms with Gasteiger partial charge in [0.05, 0.1) is 22.9 Å². The summed E-state index contributed by atoms with van der Waals surface area (Å²) < 4.78 is 0. The van der Waals surface area contributed by atoms with Crippen LogP contribution in [-0.2, 0) is 14.4 Å². The molecule has 168 valence electrons. The van der Waals surface area contributed by atoms with Gasteiger partial charge in [-0.05, 0) is 43.3 Å². The number of fused-ring (bicyclic) bond motifs is 2. The van der Waals surface area contributed by atoms with Crippen molar-refractivity contribution in [1.82, 2.24) is 4.98 Å². The Balaban J connectivity index is 1.49. The summed E-state index contributed by atoms with van der Waals surface area (Å²) in [4.78, 5) is 39.2. The molecule has 6 rings (SSSR count). The van der Waals surface area contributed by atoms with Crippen LogP contribution in [0.4, 0.5) is 11.4 Å². The molecule has 2 aliphatic heterocycles. The average molecular weight is 470 g/mol. The number of nitrogens with zero attached hydrogens (tertiary/aromatic N) is 3. The fourth-order valence-electron chi connectivity index (χ4n) is 4.79. The minimum absolute atomic E-state index is 0.280. The fraction of sp³-hybridized carbons (Fsp3) is 0.148. The Bertz CT molecular complexity index is 1420. The summed E-state index contributed by atoms with van der Waals surface area (Å²) in [6.07, 6.45) is -0.957. The maximum atomic E-state index is 13.8. The summed E-state index contributed by atoms with van der Waals surface area (Å²) in [6.45, 7) is 1.96. The van der Waals surface area contributed by atoms with Crippen LogP contribution < -0.4 is 9.96 Å². The molecule has 1 aromatic heterocycles. The Morgan fingerprint density at radius 3 is 2.32 bits per heavy atom. The maximum absolute atomic E-state index is 13.8. The van der Waals surface area contributed by atoms with E-state index in [1.807, 2.05) is 79.7 Å². The van der Waals surface area contributed by atoms with E-state index in [0.29, 0.717) is 11.3 Å². The van der Waals surface area contributed by atoms with Crippen molar-refractivity contribution < 1.29 is 14.4 Å². The van der Waals surface area contributed by atoms with Crippen LogP contribution in [0.25, 0.3) is 10.9 Å². The third-order valence-electron chi connectivity index (χ3n) is 6.44. The topological polar surface area (TPSA) is 62.7 Å². The van der Waals surface area contributed by atoms with Crippen LogP contribution >= 0.6 is 11.6 Å². The molecule has 3 atom stereocenters. The number of rotatable bonds is 3. The van der Waals surface area contributed by atoms with Crippen LogP contribution in [0.2, 0.25) is 5.15 Å². The van der Waals surface area contributed by atoms with E-state index in [-0.39, 0.29) is 17.0 Å². The summed E-state index contributed by atoms with van der Waals surface area (Å²) in [5, 5.41) is 2.81. The number of halogens is 1. The summed E-state index contributed by atoms with van der Waals surface area (Å²) >= 11 is 6.68. The molecular weight excluding hydrogens is 450 g/mol. The number of hydroxylamine groups is 1. The van der Waals surface area contributed by atoms with E-state index in [2.05, 4.69) is 4.98 Å². The third kappa shape index (κ3) is 3.18. The number of amides is 2. The molecule has 0 aliphatic carbocycles. The Morgan fingerprint density at radius 2 is 1.56 bits per heavy atom. The van der Waals surface area contributed by atoms with Gasteiger partial charge in [0.2, 0.25) is 5.91 Å². The number of carbonyl (C=O) groups excluding carboxylic acids is 2. The van der Waals surface area contributed by atoms with Gasteiger partial charge in [0.1, 0.15) is 11.1 Å². The van der Waals surface area contributed by atoms with Gasteiger partial charge in [-0.1, -0.05) is 65.7 Å². The van der Waals surface area contributed by atoms with E-state index in [9.17, 15) is 9.59 Å². The number of aryl methyl sites for hydroxylation is 1. The molecule has 3 heterocycles. The first-order chi connectivity index (χ1) is 16.5. The van der Waals surface area contributed by atoms with Crippen molar-refractivity contribution in [3.05, 3.63) is 101 Å². The van der Waals surface area contributed by atoms with Crippen molar-refractivity contribution >= 4 is 45.7 Å². The molecule has 2 fully saturated rings. The standard InChI is InChI=1S/C27H20ClN3O3/c1-16-11-13-18(14-12-16)30-26(32)22-23(20-15-17-7-5-6-10-21(17)29-25(20)28)31(34-24(22)27(30)33)19-8-3-2-4-9-19/h2-15,22-24H,1H3/t22-,23-,24-/m0/s1. The summed E-state index contributed by atoms with van der Waals surface area (Å²) in [5.41, 5.74) is 3.71. The van der Waals surface area contributed by atoms with Crippen molar-refractivity contribution in [3.8, 4) is 0 Å². The highest BCUT2D eigenvalue weighted by molar-refractivity contribution is 6.31. The van der Waals surface area contributed by atoms with E-state index < -0.39 is 18.1 Å². The molecule has 0 N–H and O–H groups in total. The fourth-order valence-corrected chi connectivity index (χ4v) is 5.05. The minimum atomic E-state index is -0.957. The molecule has 7 heteroatoms. The SMILES string of the molecule is Cc1ccc(N2C(=O)[C@@H]3[C@H](ON(c4ccccc4)[C@H]3c3cc4ccccc4nc3Cl)C2=O)cc1. The van der Waals surface area contributed by atoms with E-state index in [1.54, 1.807) is 17.2 Å². The quantitative estimate of drug-likeness (QED) is 0.303. The largest absolute Gasteiger partial charge is 0.273 e. The molecular formula is C27H20ClN3O3. The zero-order chi connectivity index (χ0) is 23.4. The van der Waals surface area contributed by atoms with Gasteiger partial charge in [0, 0.05) is 10.9 Å². The van der Waals surface area contributed by atoms with Crippen LogP contribution in [0.15, 0.2) is 84.9 Å². The first kappa shape index (κ1) is 20.8. The monoisotopic (exact) mass is 469 g/mol. The van der Waals surface area contributed by atoms with Gasteiger partial charge >= 0.3 is 0 Å². The molecule has 0 spiro atoms. The Hall–Kier alpha value is -3.74. The zero-order valence-corrected chi connectivity index (χ0v) is 19.0. The van der Waals surface area contributed by atoms with Crippen molar-refractivity contribution in [2.24, 2.45) is 5.92 Å². The van der Waals surface area contributed by atoms with Crippen molar-refractivity contribution in [2.45, 2.75) is 19.1 Å². The number of hydrogen-bond acceptors (Lipinski definition) is 5. The average Bonchev–Trinajstić information content (AvgIpc) is 3.36. The number of benzene rings is 3. The van der Waals surface area contributed by atoms with Crippen molar-refractivity contribution in [1.29, 1.82) is 0 Å². The second-order valence-corrected chi connectivity index (χ2v) is 8.92. The number of anilines is 2. The van der Waals surface area contributed by atoms with E-state index >= 15 is 0 Å². The molecule has 0 radical (unpaired) electrons. The first-order valence-corrected chi connectivity index (χ1v) is 11.4. The Morgan fingerprint density at radius 1 is 0.853 bits per heavy atom. The Kier molecular flexibility index (Phi) is 4.86. The van der Waals surface area contributed by atoms with Crippen molar-refractivity contribution in [3.63, 3.8) is 0 Å². The van der Waals surface area contributed by atoms with Gasteiger partial charge in [-0.3, -0.25) is 14.4 Å². The summed E-state index contributed by atoms with van der Waals surface area (Å²) in [7, 11) is 0. The number of imide groups is 1. The predicted molar refractivity (Wildman–Crippen MR) is 130 cm³/mol. The maximum Gasteiger partial charge on any atom is 0.266 e. The van der Waals surface area contributed by atoms with Crippen LogP contribution in [-0.4, -0.2) is 22.9 Å². The smallest absolute Gasteiger partial charge is 0.266 e. The van der Waals surface area contributed by atoms with E-state index in [1.165, 1.54) is 4.90 Å². The second kappa shape index (κ2) is 7.94. The van der Waals surface area contributed by atoms with Gasteiger partial charge < -0.3 is 0 Å². The van der Waals surface area contributed by atoms with Crippen molar-refractivity contribution in [2.75, 3.05) is 9.96 Å². The Labute approximate surface area is 201 Å². The molecule has 2 saturated heterocycles. The lowest BCUT2D eigenvalue weighted by atomic mass is 9.90. The molecule has 4 aromatic rings. The molecule has 0 bridgehead atoms. The van der Waals surface area contributed by atoms with E-state index in [0.717, 1.165) is 22.2 Å². The van der Waals surface area contributed by atoms with Gasteiger partial charge in [0.25, 0.3) is 5.91 Å². The van der Waals surface area contributed by atoms with Gasteiger partial charge in [0.15, 0.2) is 6.10 Å². The number of aromatic nitrogens is 1. The number of hydrogen-bond donors (Lipinski definition) is 0. The molecule has 2 aliphatic rings. The molecule has 2 amide bonds. The highest BCUT2D eigenvalue weighted by Gasteiger charge is 2.60. The zero-order valence-electron chi connectivity index (χ0n) is 18.3. The summed E-state index contributed by atoms with van der Waals surface area (Å²) in [5.74, 6) is -1.46. The van der Waals surface area contributed by atoms with Crippen LogP contribution in [0.1, 0.15) is 17.2 Å². The lowest BCUT2D eigenvalue weighted by molar-refractivity contribution is -0.126. The lowest BCUT2D eigenvalue weighted by Gasteiger charge is -2.29. The molecule has 0 saturated carbocycles. The predicted octanol–water partition coefficient (Wildman–Crippen LogP) is 5.25. The van der Waals surface area contributed by atoms with Gasteiger partial charge in [-0.2, -0.15) is 0 Å². The van der Waals surface area contributed by atoms with E-state index in [4.69, 9.17) is 16.4 Å². The first-order valence-electron chi connectivity index (χ1n) is 11.0. The van der Waals surface area contributed by atoms with Gasteiger partial charge in [-0.15, -0.1) is 0 Å². The molecule has 3 aromatic carbocycles. The minimum Gasteiger partial charge on any atom is -0.273 e. The number of para-hydroxylation sites is 2. The molecule has 0 unspecified atom stereocenters. The lowest BCUT2D eigenvalue weighted by Crippen LogP contribution is -2.37. The number of pyridine rings is 1. The van der Waals surface area contributed by atoms with Gasteiger partial charge in [-0.25, -0.2) is 14.9 Å². The highest BCUT2D eigenvalue weighted by atomic mass is 35.5. The highest BCUT2D eigenvalue weighted by Crippen LogP contribution is 2.49. The number of carbonyl (C=O) groups is 2.